The number of amides is 1. The molecule has 1 amide bonds. The monoisotopic (exact) mass is 352 g/mol. The van der Waals surface area contributed by atoms with Gasteiger partial charge in [-0.25, -0.2) is 9.97 Å². The Labute approximate surface area is 151 Å². The lowest BCUT2D eigenvalue weighted by Gasteiger charge is -2.34. The second kappa shape index (κ2) is 7.19. The molecule has 0 spiro atoms. The molecule has 0 saturated carbocycles. The molecule has 1 atom stereocenters. The molecule has 1 aliphatic rings. The quantitative estimate of drug-likeness (QED) is 0.718. The summed E-state index contributed by atoms with van der Waals surface area (Å²) in [6.45, 7) is 1.12. The average Bonchev–Trinajstić information content (AvgIpc) is 3.34. The van der Waals surface area contributed by atoms with Crippen molar-refractivity contribution in [2.75, 3.05) is 6.54 Å². The van der Waals surface area contributed by atoms with Gasteiger partial charge in [0.25, 0.3) is 0 Å². The lowest BCUT2D eigenvalue weighted by atomic mass is 10.0. The van der Waals surface area contributed by atoms with Gasteiger partial charge in [-0.2, -0.15) is 0 Å². The van der Waals surface area contributed by atoms with Gasteiger partial charge in [0.15, 0.2) is 0 Å². The molecule has 1 aliphatic heterocycles. The lowest BCUT2D eigenvalue weighted by molar-refractivity contribution is -0.135. The van der Waals surface area contributed by atoms with E-state index in [4.69, 9.17) is 0 Å². The molecule has 1 fully saturated rings. The van der Waals surface area contributed by atoms with E-state index in [2.05, 4.69) is 9.97 Å². The Bertz CT molecular complexity index is 828. The Morgan fingerprint density at radius 3 is 2.84 bits per heavy atom. The SMILES string of the molecule is O=C(Cn1ccnc1-c1ccccc1)N1CCCC[C@@H]1c1nccs1. The fourth-order valence-electron chi connectivity index (χ4n) is 3.41. The van der Waals surface area contributed by atoms with Crippen LogP contribution in [0.15, 0.2) is 54.3 Å². The molecule has 6 heteroatoms. The molecule has 4 rings (SSSR count). The summed E-state index contributed by atoms with van der Waals surface area (Å²) < 4.78 is 1.94. The molecule has 3 heterocycles. The minimum Gasteiger partial charge on any atom is -0.332 e. The standard InChI is InChI=1S/C19H20N4OS/c24-17(23-11-5-4-8-16(23)19-21-10-13-25-19)14-22-12-9-20-18(22)15-6-2-1-3-7-15/h1-3,6-7,9-10,12-13,16H,4-5,8,11,14H2/t16-/m1/s1. The normalized spacial score (nSPS) is 17.6. The van der Waals surface area contributed by atoms with Crippen LogP contribution >= 0.6 is 11.3 Å². The summed E-state index contributed by atoms with van der Waals surface area (Å²) in [6.07, 6.45) is 8.65. The number of carbonyl (C=O) groups is 1. The number of rotatable bonds is 4. The third kappa shape index (κ3) is 3.35. The van der Waals surface area contributed by atoms with E-state index >= 15 is 0 Å². The minimum atomic E-state index is 0.116. The predicted molar refractivity (Wildman–Crippen MR) is 98.1 cm³/mol. The number of aromatic nitrogens is 3. The van der Waals surface area contributed by atoms with E-state index in [1.54, 1.807) is 17.5 Å². The molecule has 0 aliphatic carbocycles. The Balaban J connectivity index is 1.55. The zero-order valence-electron chi connectivity index (χ0n) is 13.9. The van der Waals surface area contributed by atoms with E-state index in [-0.39, 0.29) is 11.9 Å². The number of benzene rings is 1. The molecular formula is C19H20N4OS. The third-order valence-corrected chi connectivity index (χ3v) is 5.49. The van der Waals surface area contributed by atoms with E-state index in [1.807, 2.05) is 57.6 Å². The first-order chi connectivity index (χ1) is 12.3. The van der Waals surface area contributed by atoms with Gasteiger partial charge in [0.05, 0.1) is 6.04 Å². The number of thiazole rings is 1. The van der Waals surface area contributed by atoms with Gasteiger partial charge >= 0.3 is 0 Å². The van der Waals surface area contributed by atoms with E-state index < -0.39 is 0 Å². The van der Waals surface area contributed by atoms with Gasteiger partial charge in [0, 0.05) is 36.1 Å². The number of nitrogens with zero attached hydrogens (tertiary/aromatic N) is 4. The minimum absolute atomic E-state index is 0.116. The molecule has 5 nitrogen and oxygen atoms in total. The molecule has 3 aromatic rings. The zero-order valence-corrected chi connectivity index (χ0v) is 14.7. The number of piperidine rings is 1. The van der Waals surface area contributed by atoms with Crippen LogP contribution in [0.5, 0.6) is 0 Å². The van der Waals surface area contributed by atoms with Crippen LogP contribution in [0.1, 0.15) is 30.3 Å². The van der Waals surface area contributed by atoms with Crippen LogP contribution < -0.4 is 0 Å². The summed E-state index contributed by atoms with van der Waals surface area (Å²) in [5.41, 5.74) is 1.02. The summed E-state index contributed by atoms with van der Waals surface area (Å²) in [7, 11) is 0. The van der Waals surface area contributed by atoms with Crippen LogP contribution in [0.25, 0.3) is 11.4 Å². The first-order valence-corrected chi connectivity index (χ1v) is 9.46. The van der Waals surface area contributed by atoms with Crippen LogP contribution in [0, 0.1) is 0 Å². The number of imidazole rings is 1. The number of likely N-dealkylation sites (tertiary alicyclic amines) is 1. The Hall–Kier alpha value is -2.47. The molecule has 0 bridgehead atoms. The molecule has 1 aromatic carbocycles. The maximum absolute atomic E-state index is 13.0. The summed E-state index contributed by atoms with van der Waals surface area (Å²) in [5, 5.41) is 3.03. The van der Waals surface area contributed by atoms with Gasteiger partial charge in [-0.05, 0) is 19.3 Å². The highest BCUT2D eigenvalue weighted by atomic mass is 32.1. The van der Waals surface area contributed by atoms with Crippen LogP contribution in [0.4, 0.5) is 0 Å². The second-order valence-corrected chi connectivity index (χ2v) is 7.14. The van der Waals surface area contributed by atoms with Gasteiger partial charge in [0.2, 0.25) is 5.91 Å². The number of carbonyl (C=O) groups excluding carboxylic acids is 1. The van der Waals surface area contributed by atoms with Crippen LogP contribution in [0.3, 0.4) is 0 Å². The van der Waals surface area contributed by atoms with Crippen molar-refractivity contribution in [1.82, 2.24) is 19.4 Å². The molecule has 2 aromatic heterocycles. The summed E-state index contributed by atoms with van der Waals surface area (Å²) >= 11 is 1.63. The van der Waals surface area contributed by atoms with Crippen molar-refractivity contribution in [3.05, 3.63) is 59.3 Å². The Morgan fingerprint density at radius 2 is 2.04 bits per heavy atom. The number of hydrogen-bond acceptors (Lipinski definition) is 4. The van der Waals surface area contributed by atoms with Crippen molar-refractivity contribution in [2.24, 2.45) is 0 Å². The maximum atomic E-state index is 13.0. The Morgan fingerprint density at radius 1 is 1.16 bits per heavy atom. The summed E-state index contributed by atoms with van der Waals surface area (Å²) in [5.74, 6) is 0.965. The molecule has 0 radical (unpaired) electrons. The molecule has 0 N–H and O–H groups in total. The van der Waals surface area contributed by atoms with Crippen molar-refractivity contribution in [2.45, 2.75) is 31.8 Å². The third-order valence-electron chi connectivity index (χ3n) is 4.61. The van der Waals surface area contributed by atoms with Gasteiger partial charge < -0.3 is 9.47 Å². The zero-order chi connectivity index (χ0) is 17.1. The van der Waals surface area contributed by atoms with Crippen molar-refractivity contribution >= 4 is 17.2 Å². The van der Waals surface area contributed by atoms with E-state index in [9.17, 15) is 4.79 Å². The predicted octanol–water partition coefficient (Wildman–Crippen LogP) is 3.76. The van der Waals surface area contributed by atoms with E-state index in [0.717, 1.165) is 42.2 Å². The van der Waals surface area contributed by atoms with Crippen molar-refractivity contribution in [3.8, 4) is 11.4 Å². The van der Waals surface area contributed by atoms with Crippen molar-refractivity contribution in [1.29, 1.82) is 0 Å². The highest BCUT2D eigenvalue weighted by molar-refractivity contribution is 7.09. The molecule has 128 valence electrons. The lowest BCUT2D eigenvalue weighted by Crippen LogP contribution is -2.40. The highest BCUT2D eigenvalue weighted by Crippen LogP contribution is 2.32. The van der Waals surface area contributed by atoms with Gasteiger partial charge in [0.1, 0.15) is 17.4 Å². The topological polar surface area (TPSA) is 51.0 Å². The van der Waals surface area contributed by atoms with Crippen LogP contribution in [0.2, 0.25) is 0 Å². The molecule has 0 unspecified atom stereocenters. The molecule has 25 heavy (non-hydrogen) atoms. The fraction of sp³-hybridized carbons (Fsp3) is 0.316. The smallest absolute Gasteiger partial charge is 0.243 e. The average molecular weight is 352 g/mol. The second-order valence-electron chi connectivity index (χ2n) is 6.21. The Kier molecular flexibility index (Phi) is 4.61. The van der Waals surface area contributed by atoms with Crippen molar-refractivity contribution in [3.63, 3.8) is 0 Å². The summed E-state index contributed by atoms with van der Waals surface area (Å²) in [4.78, 5) is 23.9. The first kappa shape index (κ1) is 16.0. The van der Waals surface area contributed by atoms with E-state index in [1.165, 1.54) is 0 Å². The van der Waals surface area contributed by atoms with Crippen LogP contribution in [-0.4, -0.2) is 31.9 Å². The summed E-state index contributed by atoms with van der Waals surface area (Å²) in [6, 6.07) is 10.1. The van der Waals surface area contributed by atoms with Crippen LogP contribution in [-0.2, 0) is 11.3 Å². The van der Waals surface area contributed by atoms with Gasteiger partial charge in [-0.1, -0.05) is 30.3 Å². The first-order valence-electron chi connectivity index (χ1n) is 8.58. The van der Waals surface area contributed by atoms with Gasteiger partial charge in [-0.15, -0.1) is 11.3 Å². The molecular weight excluding hydrogens is 332 g/mol. The largest absolute Gasteiger partial charge is 0.332 e. The van der Waals surface area contributed by atoms with Gasteiger partial charge in [-0.3, -0.25) is 4.79 Å². The van der Waals surface area contributed by atoms with Crippen molar-refractivity contribution < 1.29 is 4.79 Å². The maximum Gasteiger partial charge on any atom is 0.243 e. The highest BCUT2D eigenvalue weighted by Gasteiger charge is 2.29. The molecule has 1 saturated heterocycles. The van der Waals surface area contributed by atoms with E-state index in [0.29, 0.717) is 6.54 Å². The number of hydrogen-bond donors (Lipinski definition) is 0. The fourth-order valence-corrected chi connectivity index (χ4v) is 4.19.